The average molecular weight is 426 g/mol. The van der Waals surface area contributed by atoms with Gasteiger partial charge in [0.25, 0.3) is 0 Å². The summed E-state index contributed by atoms with van der Waals surface area (Å²) in [5, 5.41) is 14.8. The number of aromatic nitrogens is 2. The van der Waals surface area contributed by atoms with E-state index in [4.69, 9.17) is 24.2 Å². The number of nitrogens with one attached hydrogen (secondary N) is 1. The molecule has 10 heteroatoms. The van der Waals surface area contributed by atoms with Gasteiger partial charge < -0.3 is 24.5 Å². The number of hydrogen-bond acceptors (Lipinski definition) is 6. The Labute approximate surface area is 177 Å². The molecule has 0 aliphatic carbocycles. The number of carbonyl (C=O) groups excluding carboxylic acids is 1. The highest BCUT2D eigenvalue weighted by Gasteiger charge is 2.20. The lowest BCUT2D eigenvalue weighted by Gasteiger charge is -2.33. The van der Waals surface area contributed by atoms with E-state index >= 15 is 0 Å². The number of carboxylic acid groups (broad SMARTS) is 2. The van der Waals surface area contributed by atoms with E-state index in [0.717, 1.165) is 49.6 Å². The van der Waals surface area contributed by atoms with Crippen molar-refractivity contribution in [2.24, 2.45) is 0 Å². The number of fused-ring (bicyclic) bond motifs is 1. The van der Waals surface area contributed by atoms with Crippen LogP contribution in [0.4, 0.5) is 0 Å². The molecule has 4 rings (SSSR count). The van der Waals surface area contributed by atoms with Gasteiger partial charge in [-0.25, -0.2) is 14.6 Å². The molecule has 1 aliphatic heterocycles. The summed E-state index contributed by atoms with van der Waals surface area (Å²) in [5.41, 5.74) is 2.06. The van der Waals surface area contributed by atoms with Crippen molar-refractivity contribution >= 4 is 35.0 Å². The Hall–Kier alpha value is -3.92. The third-order valence-corrected chi connectivity index (χ3v) is 4.61. The van der Waals surface area contributed by atoms with E-state index in [1.165, 1.54) is 0 Å². The van der Waals surface area contributed by atoms with E-state index < -0.39 is 11.9 Å². The van der Waals surface area contributed by atoms with Crippen molar-refractivity contribution in [3.05, 3.63) is 60.3 Å². The largest absolute Gasteiger partial charge is 0.473 e. The molecule has 1 fully saturated rings. The number of amides is 1. The fourth-order valence-electron chi connectivity index (χ4n) is 3.06. The first-order chi connectivity index (χ1) is 14.9. The first kappa shape index (κ1) is 21.8. The highest BCUT2D eigenvalue weighted by Crippen LogP contribution is 2.13. The summed E-state index contributed by atoms with van der Waals surface area (Å²) in [6.45, 7) is 3.91. The summed E-state index contributed by atoms with van der Waals surface area (Å²) in [7, 11) is 0. The normalized spacial score (nSPS) is 14.4. The van der Waals surface area contributed by atoms with E-state index in [1.54, 1.807) is 24.5 Å². The molecule has 0 spiro atoms. The number of H-pyrrole nitrogens is 1. The lowest BCUT2D eigenvalue weighted by Crippen LogP contribution is -2.47. The van der Waals surface area contributed by atoms with Crippen LogP contribution in [0.3, 0.4) is 0 Å². The Kier molecular flexibility index (Phi) is 7.17. The van der Waals surface area contributed by atoms with Gasteiger partial charge in [-0.3, -0.25) is 9.69 Å². The van der Waals surface area contributed by atoms with Crippen molar-refractivity contribution in [2.45, 2.75) is 6.54 Å². The van der Waals surface area contributed by atoms with Crippen molar-refractivity contribution < 1.29 is 29.0 Å². The number of nitrogens with zero attached hydrogens (tertiary/aromatic N) is 3. The number of aromatic amines is 1. The van der Waals surface area contributed by atoms with Crippen molar-refractivity contribution in [3.8, 4) is 0 Å². The summed E-state index contributed by atoms with van der Waals surface area (Å²) >= 11 is 0. The number of aliphatic carboxylic acids is 2. The smallest absolute Gasteiger partial charge is 0.414 e. The predicted octanol–water partition coefficient (Wildman–Crippen LogP) is 1.67. The standard InChI is InChI=1S/C19H20N4O2.C2H2O4/c24-19(8-7-15-4-3-13-25-15)23-11-9-22(10-12-23)14-18-20-16-5-1-2-6-17(16)21-18;3-1(4)2(5)6/h1-8,13H,9-12,14H2,(H,20,21);(H,3,4)(H,5,6). The molecule has 1 aliphatic rings. The maximum atomic E-state index is 12.2. The number of furan rings is 1. The first-order valence-electron chi connectivity index (χ1n) is 9.55. The highest BCUT2D eigenvalue weighted by atomic mass is 16.4. The van der Waals surface area contributed by atoms with E-state index in [2.05, 4.69) is 14.9 Å². The topological polar surface area (TPSA) is 140 Å². The van der Waals surface area contributed by atoms with Crippen LogP contribution in [0, 0.1) is 0 Å². The molecule has 162 valence electrons. The zero-order chi connectivity index (χ0) is 22.2. The molecule has 0 bridgehead atoms. The number of benzene rings is 1. The molecule has 2 aromatic heterocycles. The molecule has 3 N–H and O–H groups in total. The Morgan fingerprint density at radius 2 is 1.74 bits per heavy atom. The second-order valence-electron chi connectivity index (χ2n) is 6.76. The van der Waals surface area contributed by atoms with E-state index in [9.17, 15) is 4.79 Å². The van der Waals surface area contributed by atoms with Gasteiger partial charge >= 0.3 is 11.9 Å². The lowest BCUT2D eigenvalue weighted by atomic mass is 10.3. The minimum Gasteiger partial charge on any atom is -0.473 e. The van der Waals surface area contributed by atoms with Crippen LogP contribution < -0.4 is 0 Å². The Morgan fingerprint density at radius 3 is 2.35 bits per heavy atom. The maximum absolute atomic E-state index is 12.2. The summed E-state index contributed by atoms with van der Waals surface area (Å²) in [4.78, 5) is 42.6. The molecule has 31 heavy (non-hydrogen) atoms. The molecule has 1 aromatic carbocycles. The maximum Gasteiger partial charge on any atom is 0.414 e. The van der Waals surface area contributed by atoms with Crippen LogP contribution in [0.25, 0.3) is 17.1 Å². The molecule has 10 nitrogen and oxygen atoms in total. The van der Waals surface area contributed by atoms with Crippen LogP contribution in [0.1, 0.15) is 11.6 Å². The van der Waals surface area contributed by atoms with E-state index in [0.29, 0.717) is 5.76 Å². The van der Waals surface area contributed by atoms with Crippen molar-refractivity contribution in [2.75, 3.05) is 26.2 Å². The Bertz CT molecular complexity index is 1020. The second kappa shape index (κ2) is 10.2. The predicted molar refractivity (Wildman–Crippen MR) is 111 cm³/mol. The van der Waals surface area contributed by atoms with Gasteiger partial charge in [0.1, 0.15) is 11.6 Å². The SMILES string of the molecule is O=C(C=Cc1ccco1)N1CCN(Cc2nc3ccccc3[nH]2)CC1.O=C(O)C(=O)O. The third-order valence-electron chi connectivity index (χ3n) is 4.61. The summed E-state index contributed by atoms with van der Waals surface area (Å²) in [6.07, 6.45) is 4.89. The number of piperazine rings is 1. The van der Waals surface area contributed by atoms with Gasteiger partial charge in [0.05, 0.1) is 23.8 Å². The van der Waals surface area contributed by atoms with Crippen molar-refractivity contribution in [1.82, 2.24) is 19.8 Å². The van der Waals surface area contributed by atoms with Crippen LogP contribution >= 0.6 is 0 Å². The van der Waals surface area contributed by atoms with Gasteiger partial charge in [-0.1, -0.05) is 12.1 Å². The zero-order valence-corrected chi connectivity index (χ0v) is 16.6. The fraction of sp³-hybridized carbons (Fsp3) is 0.238. The number of hydrogen-bond donors (Lipinski definition) is 3. The molecule has 0 atom stereocenters. The van der Waals surface area contributed by atoms with Crippen LogP contribution in [0.15, 0.2) is 53.2 Å². The van der Waals surface area contributed by atoms with Gasteiger partial charge in [0.15, 0.2) is 0 Å². The van der Waals surface area contributed by atoms with Crippen LogP contribution in [-0.4, -0.2) is 74.0 Å². The zero-order valence-electron chi connectivity index (χ0n) is 16.6. The second-order valence-corrected chi connectivity index (χ2v) is 6.76. The average Bonchev–Trinajstić information content (AvgIpc) is 3.42. The Morgan fingerprint density at radius 1 is 1.03 bits per heavy atom. The molecule has 1 amide bonds. The third kappa shape index (κ3) is 6.28. The molecular weight excluding hydrogens is 404 g/mol. The quantitative estimate of drug-likeness (QED) is 0.423. The molecule has 3 aromatic rings. The van der Waals surface area contributed by atoms with Gasteiger partial charge in [0, 0.05) is 32.3 Å². The molecule has 0 unspecified atom stereocenters. The number of rotatable bonds is 4. The number of carboxylic acids is 2. The minimum atomic E-state index is -1.82. The summed E-state index contributed by atoms with van der Waals surface area (Å²) < 4.78 is 5.20. The Balaban J connectivity index is 0.000000401. The van der Waals surface area contributed by atoms with E-state index in [-0.39, 0.29) is 5.91 Å². The first-order valence-corrected chi connectivity index (χ1v) is 9.55. The molecule has 3 heterocycles. The molecule has 1 saturated heterocycles. The van der Waals surface area contributed by atoms with Crippen LogP contribution in [-0.2, 0) is 20.9 Å². The molecule has 0 radical (unpaired) electrons. The lowest BCUT2D eigenvalue weighted by molar-refractivity contribution is -0.159. The highest BCUT2D eigenvalue weighted by molar-refractivity contribution is 6.27. The number of para-hydroxylation sites is 2. The van der Waals surface area contributed by atoms with Crippen molar-refractivity contribution in [3.63, 3.8) is 0 Å². The number of imidazole rings is 1. The molecular formula is C21H22N4O6. The van der Waals surface area contributed by atoms with Gasteiger partial charge in [-0.05, 0) is 30.3 Å². The van der Waals surface area contributed by atoms with Gasteiger partial charge in [-0.2, -0.15) is 0 Å². The summed E-state index contributed by atoms with van der Waals surface area (Å²) in [5.74, 6) is -1.96. The van der Waals surface area contributed by atoms with Crippen LogP contribution in [0.5, 0.6) is 0 Å². The minimum absolute atomic E-state index is 0.0276. The van der Waals surface area contributed by atoms with Gasteiger partial charge in [0.2, 0.25) is 5.91 Å². The van der Waals surface area contributed by atoms with Crippen LogP contribution in [0.2, 0.25) is 0 Å². The van der Waals surface area contributed by atoms with Gasteiger partial charge in [-0.15, -0.1) is 0 Å². The molecule has 0 saturated carbocycles. The van der Waals surface area contributed by atoms with Crippen molar-refractivity contribution in [1.29, 1.82) is 0 Å². The summed E-state index contributed by atoms with van der Waals surface area (Å²) in [6, 6.07) is 11.7. The fourth-order valence-corrected chi connectivity index (χ4v) is 3.06. The monoisotopic (exact) mass is 426 g/mol. The van der Waals surface area contributed by atoms with E-state index in [1.807, 2.05) is 35.2 Å². The number of carbonyl (C=O) groups is 3.